The Balaban J connectivity index is 2.52. The van der Waals surface area contributed by atoms with Gasteiger partial charge in [0.1, 0.15) is 6.10 Å². The molecular weight excluding hydrogens is 168 g/mol. The number of rotatable bonds is 1. The van der Waals surface area contributed by atoms with Gasteiger partial charge in [-0.3, -0.25) is 0 Å². The zero-order valence-electron chi connectivity index (χ0n) is 5.92. The van der Waals surface area contributed by atoms with Gasteiger partial charge in [-0.25, -0.2) is 0 Å². The lowest BCUT2D eigenvalue weighted by Gasteiger charge is -2.33. The van der Waals surface area contributed by atoms with Crippen molar-refractivity contribution in [2.45, 2.75) is 23.6 Å². The molecule has 0 aromatic carbocycles. The van der Waals surface area contributed by atoms with Gasteiger partial charge in [0.25, 0.3) is 0 Å². The summed E-state index contributed by atoms with van der Waals surface area (Å²) in [5.74, 6) is 0.365. The van der Waals surface area contributed by atoms with Crippen molar-refractivity contribution in [3.8, 4) is 0 Å². The fourth-order valence-electron chi connectivity index (χ4n) is 1.03. The van der Waals surface area contributed by atoms with Gasteiger partial charge >= 0.3 is 0 Å². The lowest BCUT2D eigenvalue weighted by atomic mass is 10.1. The quantitative estimate of drug-likeness (QED) is 0.382. The van der Waals surface area contributed by atoms with E-state index in [4.69, 9.17) is 15.3 Å². The van der Waals surface area contributed by atoms with E-state index < -0.39 is 18.3 Å². The molecule has 1 saturated heterocycles. The van der Waals surface area contributed by atoms with Crippen molar-refractivity contribution >= 4 is 11.8 Å². The van der Waals surface area contributed by atoms with Crippen LogP contribution >= 0.6 is 11.8 Å². The first kappa shape index (κ1) is 9.28. The van der Waals surface area contributed by atoms with Crippen LogP contribution in [-0.2, 0) is 0 Å². The van der Waals surface area contributed by atoms with Crippen molar-refractivity contribution in [1.29, 1.82) is 0 Å². The van der Waals surface area contributed by atoms with Crippen LogP contribution in [-0.4, -0.2) is 56.3 Å². The summed E-state index contributed by atoms with van der Waals surface area (Å²) in [4.78, 5) is 0. The summed E-state index contributed by atoms with van der Waals surface area (Å²) in [6.45, 7) is -0.171. The Hall–Kier alpha value is 0.190. The molecule has 11 heavy (non-hydrogen) atoms. The third-order valence-corrected chi connectivity index (χ3v) is 3.18. The fraction of sp³-hybridized carbons (Fsp3) is 1.00. The Bertz CT molecular complexity index is 130. The first-order chi connectivity index (χ1) is 5.16. The first-order valence-corrected chi connectivity index (χ1v) is 4.48. The molecule has 1 aliphatic rings. The predicted molar refractivity (Wildman–Crippen MR) is 41.4 cm³/mol. The number of thioether (sulfide) groups is 1. The summed E-state index contributed by atoms with van der Waals surface area (Å²) in [5.41, 5.74) is 0. The normalized spacial score (nSPS) is 45.8. The van der Waals surface area contributed by atoms with Gasteiger partial charge in [0.15, 0.2) is 0 Å². The van der Waals surface area contributed by atoms with E-state index in [1.54, 1.807) is 0 Å². The summed E-state index contributed by atoms with van der Waals surface area (Å²) in [5, 5.41) is 35.7. The molecule has 0 radical (unpaired) electrons. The van der Waals surface area contributed by atoms with Gasteiger partial charge in [0.2, 0.25) is 0 Å². The van der Waals surface area contributed by atoms with E-state index in [9.17, 15) is 5.11 Å². The molecule has 0 aliphatic carbocycles. The molecule has 0 aromatic heterocycles. The van der Waals surface area contributed by atoms with E-state index in [1.165, 1.54) is 11.8 Å². The van der Waals surface area contributed by atoms with Crippen LogP contribution in [0.2, 0.25) is 0 Å². The van der Waals surface area contributed by atoms with Crippen molar-refractivity contribution in [3.05, 3.63) is 0 Å². The third kappa shape index (κ3) is 1.86. The molecular formula is C6H12O4S. The fourth-order valence-corrected chi connectivity index (χ4v) is 2.13. The van der Waals surface area contributed by atoms with Crippen LogP contribution in [0.3, 0.4) is 0 Å². The molecule has 1 aliphatic heterocycles. The smallest absolute Gasteiger partial charge is 0.108 e. The van der Waals surface area contributed by atoms with Crippen molar-refractivity contribution in [1.82, 2.24) is 0 Å². The maximum atomic E-state index is 9.22. The van der Waals surface area contributed by atoms with Gasteiger partial charge < -0.3 is 20.4 Å². The van der Waals surface area contributed by atoms with Gasteiger partial charge in [-0.15, -0.1) is 0 Å². The maximum Gasteiger partial charge on any atom is 0.108 e. The van der Waals surface area contributed by atoms with Gasteiger partial charge in [-0.2, -0.15) is 11.8 Å². The molecule has 5 heteroatoms. The van der Waals surface area contributed by atoms with Gasteiger partial charge in [0, 0.05) is 5.75 Å². The van der Waals surface area contributed by atoms with Gasteiger partial charge in [-0.05, 0) is 0 Å². The lowest BCUT2D eigenvalue weighted by molar-refractivity contribution is -0.0595. The van der Waals surface area contributed by atoms with Crippen LogP contribution in [0.5, 0.6) is 0 Å². The van der Waals surface area contributed by atoms with Gasteiger partial charge in [-0.1, -0.05) is 0 Å². The van der Waals surface area contributed by atoms with Crippen molar-refractivity contribution in [3.63, 3.8) is 0 Å². The summed E-state index contributed by atoms with van der Waals surface area (Å²) in [7, 11) is 0. The Morgan fingerprint density at radius 3 is 2.36 bits per heavy atom. The average Bonchev–Trinajstić information content (AvgIpc) is 2.01. The SMILES string of the molecule is OC[C@@H]1SC[C@H](O)[C@@H](O)[C@H]1O. The molecule has 0 saturated carbocycles. The molecule has 4 nitrogen and oxygen atoms in total. The number of aliphatic hydroxyl groups excluding tert-OH is 4. The van der Waals surface area contributed by atoms with Crippen LogP contribution in [0.4, 0.5) is 0 Å². The largest absolute Gasteiger partial charge is 0.395 e. The van der Waals surface area contributed by atoms with E-state index in [0.29, 0.717) is 5.75 Å². The van der Waals surface area contributed by atoms with E-state index in [-0.39, 0.29) is 11.9 Å². The van der Waals surface area contributed by atoms with Crippen LogP contribution in [0.15, 0.2) is 0 Å². The minimum Gasteiger partial charge on any atom is -0.395 e. The third-order valence-electron chi connectivity index (χ3n) is 1.79. The topological polar surface area (TPSA) is 80.9 Å². The number of aliphatic hydroxyl groups is 4. The van der Waals surface area contributed by atoms with Crippen LogP contribution in [0, 0.1) is 0 Å². The minimum absolute atomic E-state index is 0.171. The second-order valence-corrected chi connectivity index (χ2v) is 3.88. The summed E-state index contributed by atoms with van der Waals surface area (Å²) >= 11 is 1.27. The van der Waals surface area contributed by atoms with Crippen molar-refractivity contribution in [2.24, 2.45) is 0 Å². The highest BCUT2D eigenvalue weighted by Crippen LogP contribution is 2.25. The van der Waals surface area contributed by atoms with Crippen LogP contribution in [0.25, 0.3) is 0 Å². The number of hydrogen-bond acceptors (Lipinski definition) is 5. The first-order valence-electron chi connectivity index (χ1n) is 3.43. The lowest BCUT2D eigenvalue weighted by Crippen LogP contribution is -2.49. The molecule has 4 N–H and O–H groups in total. The minimum atomic E-state index is -1.12. The highest BCUT2D eigenvalue weighted by atomic mass is 32.2. The zero-order valence-corrected chi connectivity index (χ0v) is 6.74. The Kier molecular flexibility index (Phi) is 3.15. The van der Waals surface area contributed by atoms with Gasteiger partial charge in [0.05, 0.1) is 24.1 Å². The van der Waals surface area contributed by atoms with Crippen LogP contribution < -0.4 is 0 Å². The maximum absolute atomic E-state index is 9.22. The Labute approximate surface area is 68.9 Å². The summed E-state index contributed by atoms with van der Waals surface area (Å²) in [6.07, 6.45) is -3.01. The monoisotopic (exact) mass is 180 g/mol. The molecule has 0 bridgehead atoms. The van der Waals surface area contributed by atoms with Crippen molar-refractivity contribution in [2.75, 3.05) is 12.4 Å². The molecule has 66 valence electrons. The molecule has 1 heterocycles. The standard InChI is InChI=1S/C6H12O4S/c7-1-4-6(10)5(9)3(8)2-11-4/h3-10H,1-2H2/t3-,4-,5+,6-/m0/s1. The van der Waals surface area contributed by atoms with Crippen LogP contribution in [0.1, 0.15) is 0 Å². The second kappa shape index (κ2) is 3.73. The highest BCUT2D eigenvalue weighted by Gasteiger charge is 2.36. The van der Waals surface area contributed by atoms with E-state index in [0.717, 1.165) is 0 Å². The zero-order chi connectivity index (χ0) is 8.43. The molecule has 1 rings (SSSR count). The van der Waals surface area contributed by atoms with E-state index >= 15 is 0 Å². The summed E-state index contributed by atoms with van der Waals surface area (Å²) < 4.78 is 0. The molecule has 1 fully saturated rings. The molecule has 0 unspecified atom stereocenters. The van der Waals surface area contributed by atoms with E-state index in [2.05, 4.69) is 0 Å². The second-order valence-electron chi connectivity index (χ2n) is 2.60. The Morgan fingerprint density at radius 2 is 1.82 bits per heavy atom. The molecule has 0 amide bonds. The highest BCUT2D eigenvalue weighted by molar-refractivity contribution is 8.00. The number of hydrogen-bond donors (Lipinski definition) is 4. The molecule has 0 spiro atoms. The molecule has 0 aromatic rings. The summed E-state index contributed by atoms with van der Waals surface area (Å²) in [6, 6.07) is 0. The van der Waals surface area contributed by atoms with Crippen molar-refractivity contribution < 1.29 is 20.4 Å². The predicted octanol–water partition coefficient (Wildman–Crippen LogP) is -1.82. The average molecular weight is 180 g/mol. The van der Waals surface area contributed by atoms with E-state index in [1.807, 2.05) is 0 Å². The Morgan fingerprint density at radius 1 is 1.18 bits per heavy atom. The molecule has 4 atom stereocenters.